The number of ether oxygens (including phenoxy) is 2. The number of carboxylic acids is 1. The molecule has 254 valence electrons. The maximum absolute atomic E-state index is 16.1. The molecule has 0 spiro atoms. The first-order valence-electron chi connectivity index (χ1n) is 16.9. The lowest BCUT2D eigenvalue weighted by Gasteiger charge is -2.15. The number of halogens is 1. The Kier molecular flexibility index (Phi) is 10.4. The highest BCUT2D eigenvalue weighted by atomic mass is 19.1. The molecule has 9 heteroatoms. The van der Waals surface area contributed by atoms with Crippen molar-refractivity contribution in [3.8, 4) is 16.9 Å². The number of aromatic carboxylic acids is 1. The number of aromatic nitrogens is 3. The summed E-state index contributed by atoms with van der Waals surface area (Å²) in [6, 6.07) is 25.0. The van der Waals surface area contributed by atoms with Crippen LogP contribution in [0.25, 0.3) is 32.8 Å². The van der Waals surface area contributed by atoms with Gasteiger partial charge in [0.2, 0.25) is 0 Å². The SMILES string of the molecule is CCNCC.Cc1c2c(nn1C)COCc1ccccc1Cn1c(C(=O)O)c(CCCOc3cccc4ccccc34)c3ccc(F)c-2c31. The Morgan fingerprint density at radius 3 is 2.43 bits per heavy atom. The molecule has 6 aromatic rings. The molecule has 49 heavy (non-hydrogen) atoms. The molecule has 0 radical (unpaired) electrons. The number of fused-ring (bicyclic) bond motifs is 4. The van der Waals surface area contributed by atoms with Crippen LogP contribution in [0.3, 0.4) is 0 Å². The second-order valence-electron chi connectivity index (χ2n) is 12.2. The lowest BCUT2D eigenvalue weighted by atomic mass is 9.97. The van der Waals surface area contributed by atoms with E-state index in [0.717, 1.165) is 51.8 Å². The molecule has 2 aromatic heterocycles. The van der Waals surface area contributed by atoms with Crippen molar-refractivity contribution in [1.29, 1.82) is 0 Å². The van der Waals surface area contributed by atoms with Gasteiger partial charge in [-0.3, -0.25) is 4.68 Å². The monoisotopic (exact) mass is 662 g/mol. The van der Waals surface area contributed by atoms with Crippen molar-refractivity contribution < 1.29 is 23.8 Å². The van der Waals surface area contributed by atoms with Gasteiger partial charge in [0.15, 0.2) is 0 Å². The van der Waals surface area contributed by atoms with Crippen molar-refractivity contribution in [2.75, 3.05) is 19.7 Å². The van der Waals surface area contributed by atoms with Crippen molar-refractivity contribution in [1.82, 2.24) is 19.7 Å². The molecule has 1 aliphatic rings. The van der Waals surface area contributed by atoms with E-state index in [1.165, 1.54) is 6.07 Å². The Balaban J connectivity index is 0.000000778. The lowest BCUT2D eigenvalue weighted by Crippen LogP contribution is -2.13. The van der Waals surface area contributed by atoms with Crippen LogP contribution in [-0.2, 0) is 38.0 Å². The Labute approximate surface area is 286 Å². The minimum Gasteiger partial charge on any atom is -0.493 e. The molecule has 0 saturated heterocycles. The van der Waals surface area contributed by atoms with Gasteiger partial charge in [-0.15, -0.1) is 0 Å². The number of hydrogen-bond donors (Lipinski definition) is 2. The van der Waals surface area contributed by atoms with Crippen LogP contribution in [0.5, 0.6) is 5.75 Å². The van der Waals surface area contributed by atoms with Crippen LogP contribution < -0.4 is 10.1 Å². The Morgan fingerprint density at radius 2 is 1.67 bits per heavy atom. The molecule has 0 saturated carbocycles. The minimum atomic E-state index is -1.05. The molecule has 2 N–H and O–H groups in total. The summed E-state index contributed by atoms with van der Waals surface area (Å²) in [4.78, 5) is 13.1. The van der Waals surface area contributed by atoms with E-state index in [0.29, 0.717) is 54.0 Å². The second kappa shape index (κ2) is 15.1. The fourth-order valence-corrected chi connectivity index (χ4v) is 6.77. The molecule has 0 unspecified atom stereocenters. The van der Waals surface area contributed by atoms with E-state index in [1.807, 2.05) is 80.7 Å². The molecular formula is C40H43FN4O4. The number of rotatable bonds is 8. The van der Waals surface area contributed by atoms with Gasteiger partial charge in [-0.2, -0.15) is 5.10 Å². The fraction of sp³-hybridized carbons (Fsp3) is 0.300. The van der Waals surface area contributed by atoms with Crippen molar-refractivity contribution >= 4 is 27.6 Å². The smallest absolute Gasteiger partial charge is 0.352 e. The van der Waals surface area contributed by atoms with E-state index in [4.69, 9.17) is 9.47 Å². The van der Waals surface area contributed by atoms with E-state index < -0.39 is 11.8 Å². The molecule has 4 aromatic carbocycles. The highest BCUT2D eigenvalue weighted by molar-refractivity contribution is 6.04. The third-order valence-corrected chi connectivity index (χ3v) is 9.16. The van der Waals surface area contributed by atoms with Crippen LogP contribution >= 0.6 is 0 Å². The van der Waals surface area contributed by atoms with E-state index >= 15 is 4.39 Å². The summed E-state index contributed by atoms with van der Waals surface area (Å²) >= 11 is 0. The van der Waals surface area contributed by atoms with E-state index in [-0.39, 0.29) is 18.8 Å². The van der Waals surface area contributed by atoms with Gasteiger partial charge in [0, 0.05) is 41.2 Å². The first-order chi connectivity index (χ1) is 23.8. The molecule has 3 heterocycles. The van der Waals surface area contributed by atoms with Crippen LogP contribution in [0.4, 0.5) is 4.39 Å². The summed E-state index contributed by atoms with van der Waals surface area (Å²) < 4.78 is 31.8. The lowest BCUT2D eigenvalue weighted by molar-refractivity contribution is 0.0684. The van der Waals surface area contributed by atoms with Crippen LogP contribution in [0.15, 0.2) is 78.9 Å². The third kappa shape index (κ3) is 6.82. The van der Waals surface area contributed by atoms with Gasteiger partial charge in [0.05, 0.1) is 31.0 Å². The van der Waals surface area contributed by atoms with E-state index in [2.05, 4.69) is 24.3 Å². The summed E-state index contributed by atoms with van der Waals surface area (Å²) in [5.74, 6) is -0.686. The molecule has 0 aliphatic carbocycles. The van der Waals surface area contributed by atoms with Crippen molar-refractivity contribution in [3.05, 3.63) is 118 Å². The maximum Gasteiger partial charge on any atom is 0.352 e. The molecule has 0 amide bonds. The van der Waals surface area contributed by atoms with Gasteiger partial charge in [-0.05, 0) is 73.1 Å². The molecule has 1 aliphatic heterocycles. The average molecular weight is 663 g/mol. The van der Waals surface area contributed by atoms with E-state index in [1.54, 1.807) is 15.3 Å². The highest BCUT2D eigenvalue weighted by Gasteiger charge is 2.29. The molecule has 8 nitrogen and oxygen atoms in total. The number of benzene rings is 4. The van der Waals surface area contributed by atoms with Gasteiger partial charge in [-0.25, -0.2) is 9.18 Å². The predicted octanol–water partition coefficient (Wildman–Crippen LogP) is 8.05. The summed E-state index contributed by atoms with van der Waals surface area (Å²) in [6.45, 7) is 9.48. The number of nitrogens with zero attached hydrogens (tertiary/aromatic N) is 3. The number of aryl methyl sites for hydroxylation is 2. The Hall–Kier alpha value is -4.99. The average Bonchev–Trinajstić information content (AvgIpc) is 3.55. The Bertz CT molecular complexity index is 2110. The molecule has 7 rings (SSSR count). The summed E-state index contributed by atoms with van der Waals surface area (Å²) in [7, 11) is 1.82. The highest BCUT2D eigenvalue weighted by Crippen LogP contribution is 2.41. The molecular weight excluding hydrogens is 619 g/mol. The number of nitrogens with one attached hydrogen (secondary N) is 1. The van der Waals surface area contributed by atoms with Crippen LogP contribution in [-0.4, -0.2) is 45.1 Å². The second-order valence-corrected chi connectivity index (χ2v) is 12.2. The largest absolute Gasteiger partial charge is 0.493 e. The van der Waals surface area contributed by atoms with Crippen molar-refractivity contribution in [2.24, 2.45) is 7.05 Å². The molecule has 0 atom stereocenters. The first kappa shape index (κ1) is 33.9. The zero-order valence-electron chi connectivity index (χ0n) is 28.6. The minimum absolute atomic E-state index is 0.162. The predicted molar refractivity (Wildman–Crippen MR) is 192 cm³/mol. The molecule has 0 fully saturated rings. The number of hydrogen-bond acceptors (Lipinski definition) is 5. The van der Waals surface area contributed by atoms with Crippen LogP contribution in [0, 0.1) is 12.7 Å². The summed E-state index contributed by atoms with van der Waals surface area (Å²) in [6.07, 6.45) is 1.03. The Morgan fingerprint density at radius 1 is 0.939 bits per heavy atom. The third-order valence-electron chi connectivity index (χ3n) is 9.16. The van der Waals surface area contributed by atoms with Gasteiger partial charge in [0.25, 0.3) is 0 Å². The zero-order valence-corrected chi connectivity index (χ0v) is 28.6. The summed E-state index contributed by atoms with van der Waals surface area (Å²) in [5, 5.41) is 21.3. The van der Waals surface area contributed by atoms with Gasteiger partial charge < -0.3 is 24.5 Å². The van der Waals surface area contributed by atoms with Gasteiger partial charge in [-0.1, -0.05) is 74.5 Å². The fourth-order valence-electron chi connectivity index (χ4n) is 6.77. The van der Waals surface area contributed by atoms with Crippen LogP contribution in [0.2, 0.25) is 0 Å². The van der Waals surface area contributed by atoms with E-state index in [9.17, 15) is 9.90 Å². The quantitative estimate of drug-likeness (QED) is 0.160. The first-order valence-corrected chi connectivity index (χ1v) is 16.9. The maximum atomic E-state index is 16.1. The van der Waals surface area contributed by atoms with Crippen LogP contribution in [0.1, 0.15) is 58.8 Å². The standard InChI is InChI=1S/C36H32FN3O4.C4H11N/c1-22-32-30(38-39(22)2)21-43-20-25-11-4-3-10-24(25)19-40-34-28(16-17-29(37)33(32)34)27(35(40)36(41)42)14-8-18-44-31-15-7-12-23-9-5-6-13-26(23)31;1-3-5-4-2/h3-7,9-13,15-17H,8,14,18-21H2,1-2H3,(H,41,42);5H,3-4H2,1-2H3. The summed E-state index contributed by atoms with van der Waals surface area (Å²) in [5.41, 5.74) is 5.65. The zero-order chi connectivity index (χ0) is 34.5. The van der Waals surface area contributed by atoms with Gasteiger partial charge in [0.1, 0.15) is 17.3 Å². The number of carbonyl (C=O) groups is 1. The van der Waals surface area contributed by atoms with Crippen molar-refractivity contribution in [3.63, 3.8) is 0 Å². The number of carboxylic acid groups (broad SMARTS) is 1. The van der Waals surface area contributed by atoms with Gasteiger partial charge >= 0.3 is 5.97 Å². The normalized spacial score (nSPS) is 12.5. The van der Waals surface area contributed by atoms with Crippen molar-refractivity contribution in [2.45, 2.75) is 53.4 Å². The molecule has 0 bridgehead atoms. The topological polar surface area (TPSA) is 90.5 Å².